The van der Waals surface area contributed by atoms with Crippen molar-refractivity contribution < 1.29 is 22.7 Å². The van der Waals surface area contributed by atoms with Gasteiger partial charge in [-0.3, -0.25) is 9.52 Å². The number of anilines is 1. The Morgan fingerprint density at radius 1 is 1.08 bits per heavy atom. The maximum absolute atomic E-state index is 12.4. The van der Waals surface area contributed by atoms with E-state index in [9.17, 15) is 13.2 Å². The largest absolute Gasteiger partial charge is 0.497 e. The van der Waals surface area contributed by atoms with Crippen LogP contribution in [0.4, 0.5) is 5.69 Å². The van der Waals surface area contributed by atoms with Gasteiger partial charge in [-0.1, -0.05) is 18.2 Å². The van der Waals surface area contributed by atoms with Crippen molar-refractivity contribution in [3.8, 4) is 5.75 Å². The number of nitrogens with one attached hydrogen (secondary N) is 2. The molecule has 0 aliphatic heterocycles. The third-order valence-electron chi connectivity index (χ3n) is 3.55. The second kappa shape index (κ2) is 9.21. The van der Waals surface area contributed by atoms with Gasteiger partial charge in [-0.15, -0.1) is 0 Å². The van der Waals surface area contributed by atoms with E-state index in [2.05, 4.69) is 10.0 Å². The topological polar surface area (TPSA) is 93.7 Å². The molecule has 0 heterocycles. The van der Waals surface area contributed by atoms with Gasteiger partial charge in [-0.25, -0.2) is 8.42 Å². The van der Waals surface area contributed by atoms with Crippen molar-refractivity contribution in [1.29, 1.82) is 0 Å². The van der Waals surface area contributed by atoms with Crippen LogP contribution < -0.4 is 14.8 Å². The Morgan fingerprint density at radius 2 is 1.81 bits per heavy atom. The van der Waals surface area contributed by atoms with Crippen molar-refractivity contribution in [2.45, 2.75) is 11.3 Å². The summed E-state index contributed by atoms with van der Waals surface area (Å²) < 4.78 is 37.3. The van der Waals surface area contributed by atoms with Crippen LogP contribution in [-0.4, -0.2) is 41.7 Å². The maximum Gasteiger partial charge on any atom is 0.262 e. The predicted molar refractivity (Wildman–Crippen MR) is 98.8 cm³/mol. The summed E-state index contributed by atoms with van der Waals surface area (Å²) in [7, 11) is -0.678. The molecular weight excluding hydrogens is 356 g/mol. The summed E-state index contributed by atoms with van der Waals surface area (Å²) in [5.41, 5.74) is 1.20. The summed E-state index contributed by atoms with van der Waals surface area (Å²) >= 11 is 0. The Hall–Kier alpha value is -2.58. The van der Waals surface area contributed by atoms with Crippen molar-refractivity contribution in [2.24, 2.45) is 0 Å². The van der Waals surface area contributed by atoms with Crippen LogP contribution in [0.3, 0.4) is 0 Å². The Bertz CT molecular complexity index is 835. The molecule has 1 amide bonds. The quantitative estimate of drug-likeness (QED) is 0.649. The third kappa shape index (κ3) is 5.75. The van der Waals surface area contributed by atoms with Gasteiger partial charge in [0.1, 0.15) is 5.75 Å². The molecule has 0 fully saturated rings. The lowest BCUT2D eigenvalue weighted by molar-refractivity contribution is -0.120. The molecule has 26 heavy (non-hydrogen) atoms. The normalized spacial score (nSPS) is 11.0. The highest BCUT2D eigenvalue weighted by Crippen LogP contribution is 2.20. The fraction of sp³-hybridized carbons (Fsp3) is 0.278. The highest BCUT2D eigenvalue weighted by molar-refractivity contribution is 7.92. The molecule has 0 unspecified atom stereocenters. The van der Waals surface area contributed by atoms with E-state index in [4.69, 9.17) is 9.47 Å². The molecule has 0 saturated heterocycles. The van der Waals surface area contributed by atoms with Crippen molar-refractivity contribution in [2.75, 3.05) is 32.1 Å². The zero-order chi connectivity index (χ0) is 19.0. The zero-order valence-electron chi connectivity index (χ0n) is 14.7. The molecule has 0 atom stereocenters. The van der Waals surface area contributed by atoms with E-state index in [0.29, 0.717) is 24.6 Å². The number of ether oxygens (including phenoxy) is 2. The molecule has 0 aliphatic rings. The van der Waals surface area contributed by atoms with Crippen molar-refractivity contribution in [1.82, 2.24) is 5.32 Å². The maximum atomic E-state index is 12.4. The van der Waals surface area contributed by atoms with E-state index in [0.717, 1.165) is 5.56 Å². The summed E-state index contributed by atoms with van der Waals surface area (Å²) in [4.78, 5) is 11.9. The summed E-state index contributed by atoms with van der Waals surface area (Å²) in [6.45, 7) is 0.907. The lowest BCUT2D eigenvalue weighted by atomic mass is 10.1. The first-order valence-electron chi connectivity index (χ1n) is 7.96. The van der Waals surface area contributed by atoms with Crippen molar-refractivity contribution in [3.63, 3.8) is 0 Å². The molecular formula is C18H22N2O5S. The highest BCUT2D eigenvalue weighted by Gasteiger charge is 2.15. The van der Waals surface area contributed by atoms with E-state index in [1.807, 2.05) is 0 Å². The number of carbonyl (C=O) groups is 1. The lowest BCUT2D eigenvalue weighted by Crippen LogP contribution is -2.28. The molecule has 0 bridgehead atoms. The summed E-state index contributed by atoms with van der Waals surface area (Å²) in [6.07, 6.45) is 0.215. The van der Waals surface area contributed by atoms with Gasteiger partial charge >= 0.3 is 0 Å². The van der Waals surface area contributed by atoms with Gasteiger partial charge < -0.3 is 14.8 Å². The summed E-state index contributed by atoms with van der Waals surface area (Å²) in [5.74, 6) is 0.342. The summed E-state index contributed by atoms with van der Waals surface area (Å²) in [6, 6.07) is 12.9. The highest BCUT2D eigenvalue weighted by atomic mass is 32.2. The molecule has 8 heteroatoms. The average molecular weight is 378 g/mol. The van der Waals surface area contributed by atoms with Crippen LogP contribution in [0.15, 0.2) is 53.4 Å². The smallest absolute Gasteiger partial charge is 0.262 e. The minimum Gasteiger partial charge on any atom is -0.497 e. The van der Waals surface area contributed by atoms with Crippen LogP contribution in [0.2, 0.25) is 0 Å². The SMILES string of the molecule is COCCNC(=O)Cc1ccc(NS(=O)(=O)c2cccc(OC)c2)cc1. The van der Waals surface area contributed by atoms with Crippen LogP contribution in [0.1, 0.15) is 5.56 Å². The Morgan fingerprint density at radius 3 is 2.46 bits per heavy atom. The number of rotatable bonds is 9. The van der Waals surface area contributed by atoms with Crippen LogP contribution in [0, 0.1) is 0 Å². The fourth-order valence-corrected chi connectivity index (χ4v) is 3.31. The number of sulfonamides is 1. The van der Waals surface area contributed by atoms with Gasteiger partial charge in [-0.05, 0) is 29.8 Å². The Kier molecular flexibility index (Phi) is 6.99. The van der Waals surface area contributed by atoms with Gasteiger partial charge in [0.25, 0.3) is 10.0 Å². The second-order valence-electron chi connectivity index (χ2n) is 5.50. The van der Waals surface area contributed by atoms with E-state index in [1.165, 1.54) is 19.2 Å². The Balaban J connectivity index is 2.00. The first-order valence-corrected chi connectivity index (χ1v) is 9.44. The number of amides is 1. The van der Waals surface area contributed by atoms with Crippen LogP contribution in [-0.2, 0) is 26.0 Å². The first-order chi connectivity index (χ1) is 12.4. The number of benzene rings is 2. The minimum absolute atomic E-state index is 0.110. The second-order valence-corrected chi connectivity index (χ2v) is 7.18. The van der Waals surface area contributed by atoms with E-state index >= 15 is 0 Å². The summed E-state index contributed by atoms with van der Waals surface area (Å²) in [5, 5.41) is 2.73. The molecule has 0 saturated carbocycles. The molecule has 2 aromatic carbocycles. The number of carbonyl (C=O) groups excluding carboxylic acids is 1. The molecule has 140 valence electrons. The van der Waals surface area contributed by atoms with Crippen LogP contribution in [0.5, 0.6) is 5.75 Å². The average Bonchev–Trinajstić information content (AvgIpc) is 2.63. The van der Waals surface area contributed by atoms with E-state index < -0.39 is 10.0 Å². The van der Waals surface area contributed by atoms with Crippen molar-refractivity contribution in [3.05, 3.63) is 54.1 Å². The zero-order valence-corrected chi connectivity index (χ0v) is 15.5. The molecule has 0 aromatic heterocycles. The monoisotopic (exact) mass is 378 g/mol. The lowest BCUT2D eigenvalue weighted by Gasteiger charge is -2.10. The molecule has 2 rings (SSSR count). The van der Waals surface area contributed by atoms with E-state index in [1.54, 1.807) is 43.5 Å². The van der Waals surface area contributed by atoms with Crippen molar-refractivity contribution >= 4 is 21.6 Å². The molecule has 7 nitrogen and oxygen atoms in total. The Labute approximate surface area is 153 Å². The number of methoxy groups -OCH3 is 2. The first kappa shape index (κ1) is 19.7. The van der Waals surface area contributed by atoms with Gasteiger partial charge in [-0.2, -0.15) is 0 Å². The third-order valence-corrected chi connectivity index (χ3v) is 4.93. The number of hydrogen-bond donors (Lipinski definition) is 2. The van der Waals surface area contributed by atoms with Gasteiger partial charge in [0.05, 0.1) is 25.0 Å². The molecule has 2 N–H and O–H groups in total. The number of hydrogen-bond acceptors (Lipinski definition) is 5. The standard InChI is InChI=1S/C18H22N2O5S/c1-24-11-10-19-18(21)12-14-6-8-15(9-7-14)20-26(22,23)17-5-3-4-16(13-17)25-2/h3-9,13,20H,10-12H2,1-2H3,(H,19,21). The minimum atomic E-state index is -3.72. The molecule has 0 aliphatic carbocycles. The molecule has 0 spiro atoms. The van der Waals surface area contributed by atoms with Gasteiger partial charge in [0, 0.05) is 25.4 Å². The molecule has 2 aromatic rings. The van der Waals surface area contributed by atoms with Crippen LogP contribution >= 0.6 is 0 Å². The van der Waals surface area contributed by atoms with E-state index in [-0.39, 0.29) is 17.2 Å². The molecule has 0 radical (unpaired) electrons. The van der Waals surface area contributed by atoms with Gasteiger partial charge in [0.15, 0.2) is 0 Å². The fourth-order valence-electron chi connectivity index (χ4n) is 2.21. The predicted octanol–water partition coefficient (Wildman–Crippen LogP) is 1.80. The van der Waals surface area contributed by atoms with Crippen LogP contribution in [0.25, 0.3) is 0 Å². The van der Waals surface area contributed by atoms with Gasteiger partial charge in [0.2, 0.25) is 5.91 Å².